The molecule has 1 aliphatic rings. The molecule has 1 aromatic carbocycles. The van der Waals surface area contributed by atoms with Gasteiger partial charge in [-0.2, -0.15) is 0 Å². The highest BCUT2D eigenvalue weighted by Gasteiger charge is 2.18. The lowest BCUT2D eigenvalue weighted by Gasteiger charge is -2.15. The summed E-state index contributed by atoms with van der Waals surface area (Å²) in [5.41, 5.74) is 2.51. The second-order valence-electron chi connectivity index (χ2n) is 6.14. The minimum absolute atomic E-state index is 0.205. The molecule has 0 aromatic heterocycles. The SMILES string of the molecule is CN(C)Cc1ccccc1CNC(=O)CC1CCCC1. The second-order valence-corrected chi connectivity index (χ2v) is 6.14. The highest BCUT2D eigenvalue weighted by atomic mass is 16.1. The molecule has 0 bridgehead atoms. The first-order valence-corrected chi connectivity index (χ1v) is 7.63. The van der Waals surface area contributed by atoms with Gasteiger partial charge in [-0.3, -0.25) is 4.79 Å². The number of amides is 1. The number of rotatable bonds is 6. The fourth-order valence-electron chi connectivity index (χ4n) is 2.97. The Labute approximate surface area is 122 Å². The van der Waals surface area contributed by atoms with Crippen LogP contribution in [0.4, 0.5) is 0 Å². The van der Waals surface area contributed by atoms with Gasteiger partial charge in [0.1, 0.15) is 0 Å². The molecule has 1 N–H and O–H groups in total. The maximum Gasteiger partial charge on any atom is 0.220 e. The lowest BCUT2D eigenvalue weighted by atomic mass is 10.0. The molecule has 0 atom stereocenters. The van der Waals surface area contributed by atoms with Gasteiger partial charge in [-0.05, 0) is 44.0 Å². The van der Waals surface area contributed by atoms with E-state index in [0.717, 1.165) is 6.54 Å². The van der Waals surface area contributed by atoms with E-state index in [9.17, 15) is 4.79 Å². The maximum absolute atomic E-state index is 12.0. The normalized spacial score (nSPS) is 15.8. The summed E-state index contributed by atoms with van der Waals surface area (Å²) in [6.45, 7) is 1.56. The van der Waals surface area contributed by atoms with E-state index in [1.807, 2.05) is 6.07 Å². The van der Waals surface area contributed by atoms with Crippen LogP contribution in [0, 0.1) is 5.92 Å². The molecule has 0 heterocycles. The summed E-state index contributed by atoms with van der Waals surface area (Å²) in [5.74, 6) is 0.823. The molecule has 1 fully saturated rings. The van der Waals surface area contributed by atoms with Gasteiger partial charge in [-0.1, -0.05) is 37.1 Å². The fourth-order valence-corrected chi connectivity index (χ4v) is 2.97. The third-order valence-corrected chi connectivity index (χ3v) is 4.03. The molecule has 1 saturated carbocycles. The number of carbonyl (C=O) groups is 1. The summed E-state index contributed by atoms with van der Waals surface area (Å²) < 4.78 is 0. The molecule has 1 aromatic rings. The van der Waals surface area contributed by atoms with E-state index < -0.39 is 0 Å². The summed E-state index contributed by atoms with van der Waals surface area (Å²) in [5, 5.41) is 3.08. The summed E-state index contributed by atoms with van der Waals surface area (Å²) >= 11 is 0. The topological polar surface area (TPSA) is 32.3 Å². The fraction of sp³-hybridized carbons (Fsp3) is 0.588. The molecule has 3 heteroatoms. The minimum Gasteiger partial charge on any atom is -0.352 e. The Morgan fingerprint density at radius 3 is 2.50 bits per heavy atom. The largest absolute Gasteiger partial charge is 0.352 e. The summed E-state index contributed by atoms with van der Waals surface area (Å²) in [6.07, 6.45) is 5.75. The van der Waals surface area contributed by atoms with Crippen LogP contribution >= 0.6 is 0 Å². The van der Waals surface area contributed by atoms with E-state index in [0.29, 0.717) is 18.9 Å². The van der Waals surface area contributed by atoms with Crippen molar-refractivity contribution in [3.8, 4) is 0 Å². The molecule has 0 aliphatic heterocycles. The number of carbonyl (C=O) groups excluding carboxylic acids is 1. The first kappa shape index (κ1) is 15.0. The van der Waals surface area contributed by atoms with Crippen LogP contribution in [0.1, 0.15) is 43.2 Å². The van der Waals surface area contributed by atoms with Crippen LogP contribution in [0.25, 0.3) is 0 Å². The second kappa shape index (κ2) is 7.44. The molecule has 0 spiro atoms. The number of nitrogens with zero attached hydrogens (tertiary/aromatic N) is 1. The Balaban J connectivity index is 1.84. The van der Waals surface area contributed by atoms with E-state index in [2.05, 4.69) is 42.5 Å². The number of hydrogen-bond acceptors (Lipinski definition) is 2. The van der Waals surface area contributed by atoms with Crippen LogP contribution < -0.4 is 5.32 Å². The molecule has 0 saturated heterocycles. The monoisotopic (exact) mass is 274 g/mol. The summed E-state index contributed by atoms with van der Waals surface area (Å²) in [6, 6.07) is 8.34. The van der Waals surface area contributed by atoms with Crippen molar-refractivity contribution in [2.75, 3.05) is 14.1 Å². The van der Waals surface area contributed by atoms with Crippen molar-refractivity contribution >= 4 is 5.91 Å². The Hall–Kier alpha value is -1.35. The molecule has 1 amide bonds. The summed E-state index contributed by atoms with van der Waals surface area (Å²) in [4.78, 5) is 14.1. The average molecular weight is 274 g/mol. The highest BCUT2D eigenvalue weighted by Crippen LogP contribution is 2.27. The number of hydrogen-bond donors (Lipinski definition) is 1. The Bertz CT molecular complexity index is 436. The van der Waals surface area contributed by atoms with Crippen molar-refractivity contribution in [1.29, 1.82) is 0 Å². The van der Waals surface area contributed by atoms with Gasteiger partial charge >= 0.3 is 0 Å². The molecule has 3 nitrogen and oxygen atoms in total. The van der Waals surface area contributed by atoms with E-state index in [1.165, 1.54) is 36.8 Å². The van der Waals surface area contributed by atoms with Gasteiger partial charge in [0.05, 0.1) is 0 Å². The van der Waals surface area contributed by atoms with E-state index >= 15 is 0 Å². The Kier molecular flexibility index (Phi) is 5.60. The quantitative estimate of drug-likeness (QED) is 0.865. The van der Waals surface area contributed by atoms with Crippen molar-refractivity contribution in [3.63, 3.8) is 0 Å². The van der Waals surface area contributed by atoms with Crippen LogP contribution in [0.5, 0.6) is 0 Å². The van der Waals surface area contributed by atoms with Gasteiger partial charge in [-0.15, -0.1) is 0 Å². The van der Waals surface area contributed by atoms with Crippen molar-refractivity contribution < 1.29 is 4.79 Å². The number of benzene rings is 1. The molecule has 0 radical (unpaired) electrons. The van der Waals surface area contributed by atoms with Gasteiger partial charge in [0, 0.05) is 19.5 Å². The summed E-state index contributed by atoms with van der Waals surface area (Å²) in [7, 11) is 4.13. The van der Waals surface area contributed by atoms with Crippen molar-refractivity contribution in [2.24, 2.45) is 5.92 Å². The molecule has 110 valence electrons. The van der Waals surface area contributed by atoms with Gasteiger partial charge in [0.15, 0.2) is 0 Å². The zero-order valence-corrected chi connectivity index (χ0v) is 12.7. The molecular weight excluding hydrogens is 248 g/mol. The van der Waals surface area contributed by atoms with Crippen molar-refractivity contribution in [1.82, 2.24) is 10.2 Å². The van der Waals surface area contributed by atoms with Crippen LogP contribution in [-0.4, -0.2) is 24.9 Å². The lowest BCUT2D eigenvalue weighted by Crippen LogP contribution is -2.25. The first-order valence-electron chi connectivity index (χ1n) is 7.63. The van der Waals surface area contributed by atoms with Crippen LogP contribution in [0.2, 0.25) is 0 Å². The molecule has 1 aliphatic carbocycles. The van der Waals surface area contributed by atoms with E-state index in [-0.39, 0.29) is 5.91 Å². The molecular formula is C17H26N2O. The third-order valence-electron chi connectivity index (χ3n) is 4.03. The number of nitrogens with one attached hydrogen (secondary N) is 1. The molecule has 20 heavy (non-hydrogen) atoms. The minimum atomic E-state index is 0.205. The standard InChI is InChI=1S/C17H26N2O/c1-19(2)13-16-10-6-5-9-15(16)12-18-17(20)11-14-7-3-4-8-14/h5-6,9-10,14H,3-4,7-8,11-13H2,1-2H3,(H,18,20). The average Bonchev–Trinajstić information content (AvgIpc) is 2.90. The third kappa shape index (κ3) is 4.64. The predicted molar refractivity (Wildman–Crippen MR) is 82.3 cm³/mol. The van der Waals surface area contributed by atoms with Crippen LogP contribution in [0.3, 0.4) is 0 Å². The zero-order chi connectivity index (χ0) is 14.4. The van der Waals surface area contributed by atoms with Gasteiger partial charge in [-0.25, -0.2) is 0 Å². The molecule has 0 unspecified atom stereocenters. The Morgan fingerprint density at radius 2 is 1.85 bits per heavy atom. The predicted octanol–water partition coefficient (Wildman–Crippen LogP) is 2.94. The van der Waals surface area contributed by atoms with E-state index in [1.54, 1.807) is 0 Å². The van der Waals surface area contributed by atoms with Gasteiger partial charge in [0.25, 0.3) is 0 Å². The Morgan fingerprint density at radius 1 is 1.20 bits per heavy atom. The maximum atomic E-state index is 12.0. The first-order chi connectivity index (χ1) is 9.65. The smallest absolute Gasteiger partial charge is 0.220 e. The lowest BCUT2D eigenvalue weighted by molar-refractivity contribution is -0.122. The van der Waals surface area contributed by atoms with E-state index in [4.69, 9.17) is 0 Å². The van der Waals surface area contributed by atoms with Gasteiger partial charge < -0.3 is 10.2 Å². The van der Waals surface area contributed by atoms with Crippen LogP contribution in [0.15, 0.2) is 24.3 Å². The zero-order valence-electron chi connectivity index (χ0n) is 12.7. The highest BCUT2D eigenvalue weighted by molar-refractivity contribution is 5.76. The van der Waals surface area contributed by atoms with Crippen molar-refractivity contribution in [3.05, 3.63) is 35.4 Å². The van der Waals surface area contributed by atoms with Crippen molar-refractivity contribution in [2.45, 2.75) is 45.2 Å². The van der Waals surface area contributed by atoms with Gasteiger partial charge in [0.2, 0.25) is 5.91 Å². The van der Waals surface area contributed by atoms with Crippen LogP contribution in [-0.2, 0) is 17.9 Å². The molecule has 2 rings (SSSR count).